The van der Waals surface area contributed by atoms with Gasteiger partial charge in [0.2, 0.25) is 0 Å². The lowest BCUT2D eigenvalue weighted by atomic mass is 10.1. The smallest absolute Gasteiger partial charge is 0.355 e. The second kappa shape index (κ2) is 3.58. The van der Waals surface area contributed by atoms with Crippen LogP contribution in [0.4, 0.5) is 0 Å². The molecule has 0 atom stereocenters. The Morgan fingerprint density at radius 3 is 2.56 bits per heavy atom. The van der Waals surface area contributed by atoms with E-state index >= 15 is 0 Å². The molecule has 0 aliphatic carbocycles. The number of aromatic carboxylic acids is 2. The number of aromatic nitrogens is 2. The Labute approximate surface area is 89.2 Å². The average molecular weight is 218 g/mol. The zero-order valence-electron chi connectivity index (χ0n) is 7.91. The van der Waals surface area contributed by atoms with E-state index in [4.69, 9.17) is 10.2 Å². The molecular weight excluding hydrogens is 212 g/mol. The summed E-state index contributed by atoms with van der Waals surface area (Å²) in [6.45, 7) is 0. The number of pyridine rings is 2. The summed E-state index contributed by atoms with van der Waals surface area (Å²) < 4.78 is 0. The van der Waals surface area contributed by atoms with Crippen molar-refractivity contribution in [3.8, 4) is 0 Å². The van der Waals surface area contributed by atoms with Crippen molar-refractivity contribution in [3.63, 3.8) is 0 Å². The number of hydrogen-bond donors (Lipinski definition) is 2. The molecule has 2 N–H and O–H groups in total. The molecule has 0 aromatic carbocycles. The molecule has 0 bridgehead atoms. The van der Waals surface area contributed by atoms with Crippen LogP contribution in [0.3, 0.4) is 0 Å². The number of nitrogens with zero attached hydrogens (tertiary/aromatic N) is 2. The van der Waals surface area contributed by atoms with E-state index in [9.17, 15) is 9.59 Å². The van der Waals surface area contributed by atoms with Crippen LogP contribution in [0, 0.1) is 0 Å². The van der Waals surface area contributed by atoms with Crippen LogP contribution in [0.1, 0.15) is 20.8 Å². The average Bonchev–Trinajstić information content (AvgIpc) is 2.27. The molecule has 0 amide bonds. The fourth-order valence-corrected chi connectivity index (χ4v) is 1.33. The molecule has 0 fully saturated rings. The largest absolute Gasteiger partial charge is 0.478 e. The molecule has 0 aliphatic heterocycles. The Hall–Kier alpha value is -2.50. The van der Waals surface area contributed by atoms with E-state index in [0.29, 0.717) is 5.39 Å². The van der Waals surface area contributed by atoms with Gasteiger partial charge in [-0.3, -0.25) is 0 Å². The summed E-state index contributed by atoms with van der Waals surface area (Å²) >= 11 is 0. The van der Waals surface area contributed by atoms with Crippen molar-refractivity contribution in [2.24, 2.45) is 0 Å². The van der Waals surface area contributed by atoms with Gasteiger partial charge in [0.05, 0.1) is 5.56 Å². The number of carboxylic acids is 2. The van der Waals surface area contributed by atoms with E-state index < -0.39 is 17.6 Å². The maximum Gasteiger partial charge on any atom is 0.355 e. The minimum Gasteiger partial charge on any atom is -0.478 e. The van der Waals surface area contributed by atoms with E-state index in [0.717, 1.165) is 0 Å². The van der Waals surface area contributed by atoms with Gasteiger partial charge in [-0.05, 0) is 18.2 Å². The molecule has 16 heavy (non-hydrogen) atoms. The summed E-state index contributed by atoms with van der Waals surface area (Å²) in [6.07, 6.45) is 1.46. The number of hydrogen-bond acceptors (Lipinski definition) is 4. The maximum absolute atomic E-state index is 10.8. The highest BCUT2D eigenvalue weighted by molar-refractivity contribution is 6.03. The molecule has 6 heteroatoms. The van der Waals surface area contributed by atoms with Gasteiger partial charge in [0.25, 0.3) is 0 Å². The van der Waals surface area contributed by atoms with Crippen LogP contribution in [0.15, 0.2) is 24.4 Å². The topological polar surface area (TPSA) is 100 Å². The zero-order chi connectivity index (χ0) is 11.7. The molecule has 0 saturated carbocycles. The van der Waals surface area contributed by atoms with E-state index in [-0.39, 0.29) is 11.2 Å². The van der Waals surface area contributed by atoms with Gasteiger partial charge in [-0.1, -0.05) is 0 Å². The number of carbonyl (C=O) groups is 2. The Kier molecular flexibility index (Phi) is 2.24. The molecule has 0 saturated heterocycles. The van der Waals surface area contributed by atoms with Crippen molar-refractivity contribution in [2.75, 3.05) is 0 Å². The van der Waals surface area contributed by atoms with Gasteiger partial charge in [0.15, 0.2) is 11.3 Å². The van der Waals surface area contributed by atoms with Crippen LogP contribution < -0.4 is 0 Å². The Morgan fingerprint density at radius 2 is 1.94 bits per heavy atom. The summed E-state index contributed by atoms with van der Waals surface area (Å²) in [5, 5.41) is 18.2. The number of fused-ring (bicyclic) bond motifs is 1. The molecule has 2 aromatic rings. The first-order valence-corrected chi connectivity index (χ1v) is 4.32. The molecule has 6 nitrogen and oxygen atoms in total. The fraction of sp³-hybridized carbons (Fsp3) is 0. The van der Waals surface area contributed by atoms with Crippen molar-refractivity contribution in [1.82, 2.24) is 9.97 Å². The molecule has 2 heterocycles. The third-order valence-electron chi connectivity index (χ3n) is 2.02. The van der Waals surface area contributed by atoms with E-state index in [1.54, 1.807) is 12.1 Å². The van der Waals surface area contributed by atoms with Gasteiger partial charge in [-0.2, -0.15) is 0 Å². The van der Waals surface area contributed by atoms with E-state index in [1.165, 1.54) is 12.3 Å². The molecule has 80 valence electrons. The predicted molar refractivity (Wildman–Crippen MR) is 53.5 cm³/mol. The SMILES string of the molecule is O=C(O)c1cc2cccnc2nc1C(=O)O. The predicted octanol–water partition coefficient (Wildman–Crippen LogP) is 1.03. The normalized spacial score (nSPS) is 10.2. The molecule has 0 aliphatic rings. The van der Waals surface area contributed by atoms with Gasteiger partial charge in [-0.25, -0.2) is 19.6 Å². The third-order valence-corrected chi connectivity index (χ3v) is 2.02. The standard InChI is InChI=1S/C10H6N2O4/c13-9(14)6-4-5-2-1-3-11-8(5)12-7(6)10(15)16/h1-4H,(H,13,14)(H,15,16). The minimum absolute atomic E-state index is 0.213. The van der Waals surface area contributed by atoms with Crippen molar-refractivity contribution in [2.45, 2.75) is 0 Å². The summed E-state index contributed by atoms with van der Waals surface area (Å²) in [6, 6.07) is 4.49. The highest BCUT2D eigenvalue weighted by atomic mass is 16.4. The summed E-state index contributed by atoms with van der Waals surface area (Å²) in [4.78, 5) is 29.2. The molecule has 0 unspecified atom stereocenters. The van der Waals surface area contributed by atoms with Crippen molar-refractivity contribution < 1.29 is 19.8 Å². The van der Waals surface area contributed by atoms with Gasteiger partial charge in [0.1, 0.15) is 0 Å². The zero-order valence-corrected chi connectivity index (χ0v) is 7.91. The van der Waals surface area contributed by atoms with Crippen LogP contribution in [0.5, 0.6) is 0 Å². The van der Waals surface area contributed by atoms with Crippen LogP contribution in [0.25, 0.3) is 11.0 Å². The molecule has 0 radical (unpaired) electrons. The molecule has 2 aromatic heterocycles. The van der Waals surface area contributed by atoms with Gasteiger partial charge >= 0.3 is 11.9 Å². The quantitative estimate of drug-likeness (QED) is 0.780. The van der Waals surface area contributed by atoms with E-state index in [2.05, 4.69) is 9.97 Å². The van der Waals surface area contributed by atoms with E-state index in [1.807, 2.05) is 0 Å². The lowest BCUT2D eigenvalue weighted by Crippen LogP contribution is -2.11. The summed E-state index contributed by atoms with van der Waals surface area (Å²) in [7, 11) is 0. The highest BCUT2D eigenvalue weighted by Gasteiger charge is 2.18. The van der Waals surface area contributed by atoms with Gasteiger partial charge < -0.3 is 10.2 Å². The van der Waals surface area contributed by atoms with Crippen LogP contribution in [-0.4, -0.2) is 32.1 Å². The van der Waals surface area contributed by atoms with Crippen LogP contribution in [0.2, 0.25) is 0 Å². The number of carboxylic acid groups (broad SMARTS) is 2. The van der Waals surface area contributed by atoms with Gasteiger partial charge in [0, 0.05) is 11.6 Å². The van der Waals surface area contributed by atoms with Crippen molar-refractivity contribution in [1.29, 1.82) is 0 Å². The van der Waals surface area contributed by atoms with Crippen molar-refractivity contribution >= 4 is 23.0 Å². The van der Waals surface area contributed by atoms with Crippen molar-refractivity contribution in [3.05, 3.63) is 35.7 Å². The Balaban J connectivity index is 2.81. The second-order valence-electron chi connectivity index (χ2n) is 3.04. The highest BCUT2D eigenvalue weighted by Crippen LogP contribution is 2.15. The lowest BCUT2D eigenvalue weighted by molar-refractivity contribution is 0.0647. The first-order valence-electron chi connectivity index (χ1n) is 4.32. The second-order valence-corrected chi connectivity index (χ2v) is 3.04. The van der Waals surface area contributed by atoms with Crippen LogP contribution >= 0.6 is 0 Å². The monoisotopic (exact) mass is 218 g/mol. The molecular formula is C10H6N2O4. The first kappa shape index (κ1) is 10.0. The number of rotatable bonds is 2. The lowest BCUT2D eigenvalue weighted by Gasteiger charge is -2.02. The fourth-order valence-electron chi connectivity index (χ4n) is 1.33. The Bertz CT molecular complexity index is 542. The maximum atomic E-state index is 10.8. The van der Waals surface area contributed by atoms with Crippen LogP contribution in [-0.2, 0) is 0 Å². The molecule has 2 rings (SSSR count). The summed E-state index contributed by atoms with van der Waals surface area (Å²) in [5.74, 6) is -2.71. The molecule has 0 spiro atoms. The summed E-state index contributed by atoms with van der Waals surface area (Å²) in [5.41, 5.74) is -0.628. The first-order chi connectivity index (χ1) is 7.59. The van der Waals surface area contributed by atoms with Gasteiger partial charge in [-0.15, -0.1) is 0 Å². The third kappa shape index (κ3) is 1.56. The Morgan fingerprint density at radius 1 is 1.19 bits per heavy atom. The minimum atomic E-state index is -1.38.